The molecule has 0 spiro atoms. The molecule has 1 amide bonds. The van der Waals surface area contributed by atoms with Crippen molar-refractivity contribution in [1.29, 1.82) is 0 Å². The Kier molecular flexibility index (Phi) is 5.01. The van der Waals surface area contributed by atoms with Gasteiger partial charge in [0, 0.05) is 23.8 Å². The maximum Gasteiger partial charge on any atom is 0.251 e. The normalized spacial score (nSPS) is 15.8. The number of carbonyl (C=O) groups is 1. The van der Waals surface area contributed by atoms with Gasteiger partial charge in [0.05, 0.1) is 6.61 Å². The SMILES string of the molecule is Cc1c(NC(C)CC2CC2)cccc1C(=O)NCCO. The highest BCUT2D eigenvalue weighted by Gasteiger charge is 2.23. The number of anilines is 1. The van der Waals surface area contributed by atoms with E-state index < -0.39 is 0 Å². The van der Waals surface area contributed by atoms with Crippen molar-refractivity contribution in [2.75, 3.05) is 18.5 Å². The zero-order valence-electron chi connectivity index (χ0n) is 12.3. The number of aliphatic hydroxyl groups excluding tert-OH is 1. The molecule has 4 nitrogen and oxygen atoms in total. The number of nitrogens with one attached hydrogen (secondary N) is 2. The third kappa shape index (κ3) is 3.97. The van der Waals surface area contributed by atoms with Gasteiger partial charge in [-0.2, -0.15) is 0 Å². The Morgan fingerprint density at radius 2 is 2.20 bits per heavy atom. The van der Waals surface area contributed by atoms with Gasteiger partial charge in [-0.25, -0.2) is 0 Å². The quantitative estimate of drug-likeness (QED) is 0.716. The molecule has 1 fully saturated rings. The van der Waals surface area contributed by atoms with Crippen molar-refractivity contribution < 1.29 is 9.90 Å². The minimum Gasteiger partial charge on any atom is -0.395 e. The van der Waals surface area contributed by atoms with Crippen LogP contribution in [0.15, 0.2) is 18.2 Å². The Balaban J connectivity index is 2.03. The van der Waals surface area contributed by atoms with Crippen LogP contribution in [0.25, 0.3) is 0 Å². The molecule has 1 unspecified atom stereocenters. The van der Waals surface area contributed by atoms with Gasteiger partial charge in [-0.15, -0.1) is 0 Å². The van der Waals surface area contributed by atoms with Crippen LogP contribution in [0.5, 0.6) is 0 Å². The summed E-state index contributed by atoms with van der Waals surface area (Å²) in [5, 5.41) is 15.0. The molecular weight excluding hydrogens is 252 g/mol. The van der Waals surface area contributed by atoms with E-state index in [1.807, 2.05) is 25.1 Å². The third-order valence-corrected chi connectivity index (χ3v) is 3.76. The standard InChI is InChI=1S/C16H24N2O2/c1-11(10-13-6-7-13)18-15-5-3-4-14(12(15)2)16(20)17-8-9-19/h3-5,11,13,18-19H,6-10H2,1-2H3,(H,17,20). The van der Waals surface area contributed by atoms with Crippen LogP contribution in [-0.2, 0) is 0 Å². The van der Waals surface area contributed by atoms with Crippen molar-refractivity contribution in [1.82, 2.24) is 5.32 Å². The molecule has 20 heavy (non-hydrogen) atoms. The minimum atomic E-state index is -0.130. The smallest absolute Gasteiger partial charge is 0.251 e. The summed E-state index contributed by atoms with van der Waals surface area (Å²) in [6.45, 7) is 4.39. The van der Waals surface area contributed by atoms with Gasteiger partial charge < -0.3 is 15.7 Å². The fourth-order valence-corrected chi connectivity index (χ4v) is 2.48. The first kappa shape index (κ1) is 14.9. The topological polar surface area (TPSA) is 61.4 Å². The van der Waals surface area contributed by atoms with Crippen LogP contribution < -0.4 is 10.6 Å². The number of hydrogen-bond donors (Lipinski definition) is 3. The zero-order chi connectivity index (χ0) is 14.5. The van der Waals surface area contributed by atoms with Gasteiger partial charge in [0.25, 0.3) is 5.91 Å². The van der Waals surface area contributed by atoms with E-state index in [4.69, 9.17) is 5.11 Å². The van der Waals surface area contributed by atoms with Gasteiger partial charge in [0.2, 0.25) is 0 Å². The van der Waals surface area contributed by atoms with Gasteiger partial charge in [-0.3, -0.25) is 4.79 Å². The summed E-state index contributed by atoms with van der Waals surface area (Å²) in [6, 6.07) is 6.16. The van der Waals surface area contributed by atoms with Gasteiger partial charge in [0.15, 0.2) is 0 Å². The lowest BCUT2D eigenvalue weighted by molar-refractivity contribution is 0.0944. The van der Waals surface area contributed by atoms with Crippen LogP contribution >= 0.6 is 0 Å². The third-order valence-electron chi connectivity index (χ3n) is 3.76. The Morgan fingerprint density at radius 1 is 1.45 bits per heavy atom. The van der Waals surface area contributed by atoms with Crippen LogP contribution in [0.2, 0.25) is 0 Å². The zero-order valence-corrected chi connectivity index (χ0v) is 12.3. The molecule has 0 saturated heterocycles. The van der Waals surface area contributed by atoms with Crippen molar-refractivity contribution in [3.8, 4) is 0 Å². The molecule has 0 heterocycles. The summed E-state index contributed by atoms with van der Waals surface area (Å²) in [6.07, 6.45) is 3.91. The second kappa shape index (κ2) is 6.75. The molecule has 1 atom stereocenters. The number of rotatable bonds is 7. The van der Waals surface area contributed by atoms with Crippen molar-refractivity contribution in [2.24, 2.45) is 5.92 Å². The van der Waals surface area contributed by atoms with Crippen LogP contribution in [0, 0.1) is 12.8 Å². The molecular formula is C16H24N2O2. The molecule has 1 aliphatic rings. The Labute approximate surface area is 120 Å². The molecule has 0 aliphatic heterocycles. The first-order valence-corrected chi connectivity index (χ1v) is 7.37. The van der Waals surface area contributed by atoms with Crippen LogP contribution in [0.3, 0.4) is 0 Å². The van der Waals surface area contributed by atoms with Crippen molar-refractivity contribution in [3.63, 3.8) is 0 Å². The van der Waals surface area contributed by atoms with Gasteiger partial charge in [-0.1, -0.05) is 18.9 Å². The molecule has 0 radical (unpaired) electrons. The van der Waals surface area contributed by atoms with E-state index in [0.29, 0.717) is 11.6 Å². The summed E-state index contributed by atoms with van der Waals surface area (Å²) in [5.74, 6) is 0.754. The number of benzene rings is 1. The maximum absolute atomic E-state index is 12.0. The largest absolute Gasteiger partial charge is 0.395 e. The summed E-state index contributed by atoms with van der Waals surface area (Å²) in [4.78, 5) is 12.0. The van der Waals surface area contributed by atoms with E-state index in [9.17, 15) is 4.79 Å². The molecule has 0 aromatic heterocycles. The van der Waals surface area contributed by atoms with Gasteiger partial charge in [0.1, 0.15) is 0 Å². The maximum atomic E-state index is 12.0. The fraction of sp³-hybridized carbons (Fsp3) is 0.562. The predicted molar refractivity (Wildman–Crippen MR) is 81.0 cm³/mol. The lowest BCUT2D eigenvalue weighted by atomic mass is 10.0. The van der Waals surface area contributed by atoms with Crippen LogP contribution in [-0.4, -0.2) is 30.2 Å². The van der Waals surface area contributed by atoms with Crippen LogP contribution in [0.1, 0.15) is 42.1 Å². The first-order valence-electron chi connectivity index (χ1n) is 7.37. The van der Waals surface area contributed by atoms with E-state index in [-0.39, 0.29) is 19.1 Å². The van der Waals surface area contributed by atoms with Crippen molar-refractivity contribution in [2.45, 2.75) is 39.2 Å². The molecule has 1 aliphatic carbocycles. The number of amides is 1. The monoisotopic (exact) mass is 276 g/mol. The van der Waals surface area contributed by atoms with E-state index in [1.165, 1.54) is 19.3 Å². The second-order valence-electron chi connectivity index (χ2n) is 5.68. The summed E-state index contributed by atoms with van der Waals surface area (Å²) in [5.41, 5.74) is 2.66. The lowest BCUT2D eigenvalue weighted by Gasteiger charge is -2.18. The van der Waals surface area contributed by atoms with E-state index >= 15 is 0 Å². The van der Waals surface area contributed by atoms with Crippen molar-refractivity contribution in [3.05, 3.63) is 29.3 Å². The first-order chi connectivity index (χ1) is 9.61. The number of hydrogen-bond acceptors (Lipinski definition) is 3. The predicted octanol–water partition coefficient (Wildman–Crippen LogP) is 2.32. The molecule has 1 aromatic carbocycles. The second-order valence-corrected chi connectivity index (χ2v) is 5.68. The molecule has 3 N–H and O–H groups in total. The number of aliphatic hydroxyl groups is 1. The number of carbonyl (C=O) groups excluding carboxylic acids is 1. The summed E-state index contributed by atoms with van der Waals surface area (Å²) >= 11 is 0. The van der Waals surface area contributed by atoms with E-state index in [2.05, 4.69) is 17.6 Å². The Bertz CT molecular complexity index is 470. The average molecular weight is 276 g/mol. The fourth-order valence-electron chi connectivity index (χ4n) is 2.48. The highest BCUT2D eigenvalue weighted by Crippen LogP contribution is 2.34. The molecule has 4 heteroatoms. The van der Waals surface area contributed by atoms with E-state index in [1.54, 1.807) is 0 Å². The van der Waals surface area contributed by atoms with Gasteiger partial charge >= 0.3 is 0 Å². The summed E-state index contributed by atoms with van der Waals surface area (Å²) in [7, 11) is 0. The lowest BCUT2D eigenvalue weighted by Crippen LogP contribution is -2.27. The van der Waals surface area contributed by atoms with E-state index in [0.717, 1.165) is 17.2 Å². The van der Waals surface area contributed by atoms with Crippen molar-refractivity contribution >= 4 is 11.6 Å². The minimum absolute atomic E-state index is 0.0405. The molecule has 2 rings (SSSR count). The average Bonchev–Trinajstić information content (AvgIpc) is 3.22. The van der Waals surface area contributed by atoms with Crippen LogP contribution in [0.4, 0.5) is 5.69 Å². The highest BCUT2D eigenvalue weighted by molar-refractivity contribution is 5.97. The molecule has 0 bridgehead atoms. The molecule has 1 saturated carbocycles. The highest BCUT2D eigenvalue weighted by atomic mass is 16.3. The molecule has 110 valence electrons. The molecule has 1 aromatic rings. The Morgan fingerprint density at radius 3 is 2.85 bits per heavy atom. The summed E-state index contributed by atoms with van der Waals surface area (Å²) < 4.78 is 0. The Hall–Kier alpha value is -1.55. The van der Waals surface area contributed by atoms with Gasteiger partial charge in [-0.05, 0) is 43.9 Å².